The lowest BCUT2D eigenvalue weighted by atomic mass is 9.89. The molecule has 1 aliphatic rings. The molecule has 0 bridgehead atoms. The number of carbonyl (C=O) groups excluding carboxylic acids is 3. The summed E-state index contributed by atoms with van der Waals surface area (Å²) in [6.07, 6.45) is 2.08. The Hall–Kier alpha value is -2.95. The zero-order valence-corrected chi connectivity index (χ0v) is 19.0. The van der Waals surface area contributed by atoms with Crippen LogP contribution in [0.2, 0.25) is 0 Å². The standard InChI is InChI=1S/C21H26N2O.C2H6.2CH2O/c1-15-4-7-17(8-5-15)18-10-12-23(13-11-18)21(24)19-9-6-16(2)20(14-19)22-3;3*1-2/h4-9,14,18,22H,10-13H2,1-3H3;1-2H3;2*1H2. The van der Waals surface area contributed by atoms with Gasteiger partial charge in [-0.3, -0.25) is 4.79 Å². The SMILES string of the molecule is C=O.C=O.CC.CNc1cc(C(=O)N2CCC(c3ccc(C)cc3)CC2)ccc1C. The zero-order valence-electron chi connectivity index (χ0n) is 19.0. The summed E-state index contributed by atoms with van der Waals surface area (Å²) in [6, 6.07) is 14.7. The average Bonchev–Trinajstić information content (AvgIpc) is 2.83. The largest absolute Gasteiger partial charge is 0.388 e. The van der Waals surface area contributed by atoms with Crippen molar-refractivity contribution in [1.82, 2.24) is 4.90 Å². The van der Waals surface area contributed by atoms with Gasteiger partial charge in [-0.05, 0) is 55.9 Å². The first-order chi connectivity index (χ1) is 14.6. The number of benzene rings is 2. The summed E-state index contributed by atoms with van der Waals surface area (Å²) in [5.41, 5.74) is 5.66. The molecule has 5 nitrogen and oxygen atoms in total. The second kappa shape index (κ2) is 15.0. The topological polar surface area (TPSA) is 66.5 Å². The number of nitrogens with zero attached hydrogens (tertiary/aromatic N) is 1. The second-order valence-electron chi connectivity index (χ2n) is 6.76. The number of amides is 1. The van der Waals surface area contributed by atoms with Crippen LogP contribution in [0.1, 0.15) is 59.7 Å². The maximum atomic E-state index is 12.8. The van der Waals surface area contributed by atoms with E-state index in [-0.39, 0.29) is 5.91 Å². The molecule has 2 aromatic carbocycles. The Morgan fingerprint density at radius 3 is 1.97 bits per heavy atom. The third kappa shape index (κ3) is 7.47. The molecule has 1 aliphatic heterocycles. The molecule has 1 fully saturated rings. The van der Waals surface area contributed by atoms with Gasteiger partial charge in [0, 0.05) is 31.4 Å². The van der Waals surface area contributed by atoms with Crippen LogP contribution in [-0.2, 0) is 9.59 Å². The average molecular weight is 413 g/mol. The lowest BCUT2D eigenvalue weighted by Gasteiger charge is -2.32. The van der Waals surface area contributed by atoms with Crippen molar-refractivity contribution in [1.29, 1.82) is 0 Å². The van der Waals surface area contributed by atoms with E-state index in [2.05, 4.69) is 36.5 Å². The first kappa shape index (κ1) is 27.0. The van der Waals surface area contributed by atoms with Gasteiger partial charge in [-0.25, -0.2) is 0 Å². The van der Waals surface area contributed by atoms with Gasteiger partial charge in [-0.2, -0.15) is 0 Å². The molecule has 1 saturated heterocycles. The first-order valence-electron chi connectivity index (χ1n) is 10.3. The maximum Gasteiger partial charge on any atom is 0.253 e. The molecular formula is C25H36N2O3. The fraction of sp³-hybridized carbons (Fsp3) is 0.400. The van der Waals surface area contributed by atoms with Gasteiger partial charge >= 0.3 is 0 Å². The quantitative estimate of drug-likeness (QED) is 0.768. The molecule has 0 unspecified atom stereocenters. The molecule has 30 heavy (non-hydrogen) atoms. The summed E-state index contributed by atoms with van der Waals surface area (Å²) < 4.78 is 0. The summed E-state index contributed by atoms with van der Waals surface area (Å²) in [5.74, 6) is 0.717. The predicted molar refractivity (Wildman–Crippen MR) is 125 cm³/mol. The van der Waals surface area contributed by atoms with Crippen LogP contribution in [0.25, 0.3) is 0 Å². The normalized spacial score (nSPS) is 12.8. The van der Waals surface area contributed by atoms with Crippen molar-refractivity contribution in [2.75, 3.05) is 25.5 Å². The van der Waals surface area contributed by atoms with Crippen molar-refractivity contribution in [2.24, 2.45) is 0 Å². The number of hydrogen-bond acceptors (Lipinski definition) is 4. The van der Waals surface area contributed by atoms with Gasteiger partial charge in [0.25, 0.3) is 5.91 Å². The van der Waals surface area contributed by atoms with E-state index in [0.29, 0.717) is 5.92 Å². The highest BCUT2D eigenvalue weighted by Crippen LogP contribution is 2.29. The van der Waals surface area contributed by atoms with Crippen LogP contribution < -0.4 is 5.32 Å². The number of anilines is 1. The van der Waals surface area contributed by atoms with Gasteiger partial charge in [0.15, 0.2) is 0 Å². The van der Waals surface area contributed by atoms with Crippen LogP contribution in [0.15, 0.2) is 42.5 Å². The van der Waals surface area contributed by atoms with E-state index in [1.54, 1.807) is 0 Å². The summed E-state index contributed by atoms with van der Waals surface area (Å²) in [7, 11) is 1.89. The molecule has 0 atom stereocenters. The van der Waals surface area contributed by atoms with Crippen LogP contribution in [0.3, 0.4) is 0 Å². The Bertz CT molecular complexity index is 749. The van der Waals surface area contributed by atoms with Crippen LogP contribution in [-0.4, -0.2) is 44.5 Å². The van der Waals surface area contributed by atoms with Gasteiger partial charge in [0.1, 0.15) is 13.6 Å². The van der Waals surface area contributed by atoms with Crippen molar-refractivity contribution >= 4 is 25.2 Å². The Balaban J connectivity index is 0.00000129. The monoisotopic (exact) mass is 412 g/mol. The van der Waals surface area contributed by atoms with E-state index in [4.69, 9.17) is 9.59 Å². The van der Waals surface area contributed by atoms with Crippen LogP contribution >= 0.6 is 0 Å². The van der Waals surface area contributed by atoms with Crippen LogP contribution in [0.4, 0.5) is 5.69 Å². The highest BCUT2D eigenvalue weighted by atomic mass is 16.2. The number of carbonyl (C=O) groups is 3. The molecule has 0 spiro atoms. The van der Waals surface area contributed by atoms with Crippen molar-refractivity contribution < 1.29 is 14.4 Å². The highest BCUT2D eigenvalue weighted by molar-refractivity contribution is 5.95. The third-order valence-corrected chi connectivity index (χ3v) is 5.08. The van der Waals surface area contributed by atoms with Gasteiger partial charge in [-0.1, -0.05) is 49.7 Å². The second-order valence-corrected chi connectivity index (χ2v) is 6.76. The number of aryl methyl sites for hydroxylation is 2. The predicted octanol–water partition coefficient (Wildman–Crippen LogP) is 5.02. The number of hydrogen-bond donors (Lipinski definition) is 1. The van der Waals surface area contributed by atoms with E-state index >= 15 is 0 Å². The molecule has 0 aliphatic carbocycles. The van der Waals surface area contributed by atoms with Crippen molar-refractivity contribution in [3.63, 3.8) is 0 Å². The molecule has 1 heterocycles. The van der Waals surface area contributed by atoms with E-state index < -0.39 is 0 Å². The molecule has 1 amide bonds. The molecule has 164 valence electrons. The summed E-state index contributed by atoms with van der Waals surface area (Å²) >= 11 is 0. The molecule has 3 rings (SSSR count). The number of likely N-dealkylation sites (tertiary alicyclic amines) is 1. The number of nitrogens with one attached hydrogen (secondary N) is 1. The Labute approximate surface area is 181 Å². The van der Waals surface area contributed by atoms with E-state index in [9.17, 15) is 4.79 Å². The lowest BCUT2D eigenvalue weighted by Crippen LogP contribution is -2.37. The Kier molecular flexibility index (Phi) is 13.5. The first-order valence-corrected chi connectivity index (χ1v) is 10.3. The van der Waals surface area contributed by atoms with Gasteiger partial charge in [0.05, 0.1) is 0 Å². The number of rotatable bonds is 3. The third-order valence-electron chi connectivity index (χ3n) is 5.08. The molecule has 2 aromatic rings. The van der Waals surface area contributed by atoms with Crippen molar-refractivity contribution in [2.45, 2.75) is 46.5 Å². The summed E-state index contributed by atoms with van der Waals surface area (Å²) in [4.78, 5) is 30.8. The van der Waals surface area contributed by atoms with Crippen LogP contribution in [0.5, 0.6) is 0 Å². The lowest BCUT2D eigenvalue weighted by molar-refractivity contribution is -0.0987. The minimum Gasteiger partial charge on any atom is -0.388 e. The van der Waals surface area contributed by atoms with Crippen molar-refractivity contribution in [3.05, 3.63) is 64.7 Å². The smallest absolute Gasteiger partial charge is 0.253 e. The van der Waals surface area contributed by atoms with Gasteiger partial charge < -0.3 is 19.8 Å². The molecule has 0 aromatic heterocycles. The Morgan fingerprint density at radius 2 is 1.47 bits per heavy atom. The number of piperidine rings is 1. The fourth-order valence-electron chi connectivity index (χ4n) is 3.46. The molecule has 0 radical (unpaired) electrons. The van der Waals surface area contributed by atoms with Gasteiger partial charge in [-0.15, -0.1) is 0 Å². The molecule has 0 saturated carbocycles. The highest BCUT2D eigenvalue weighted by Gasteiger charge is 2.24. The van der Waals surface area contributed by atoms with Gasteiger partial charge in [0.2, 0.25) is 0 Å². The summed E-state index contributed by atoms with van der Waals surface area (Å²) in [6.45, 7) is 13.8. The summed E-state index contributed by atoms with van der Waals surface area (Å²) in [5, 5.41) is 3.16. The molecule has 1 N–H and O–H groups in total. The minimum absolute atomic E-state index is 0.147. The fourth-order valence-corrected chi connectivity index (χ4v) is 3.46. The van der Waals surface area contributed by atoms with E-state index in [0.717, 1.165) is 42.7 Å². The Morgan fingerprint density at radius 1 is 0.933 bits per heavy atom. The molecular weight excluding hydrogens is 376 g/mol. The minimum atomic E-state index is 0.147. The van der Waals surface area contributed by atoms with E-state index in [1.165, 1.54) is 11.1 Å². The molecule has 5 heteroatoms. The maximum absolute atomic E-state index is 12.8. The van der Waals surface area contributed by atoms with Crippen molar-refractivity contribution in [3.8, 4) is 0 Å². The zero-order chi connectivity index (χ0) is 23.1. The van der Waals surface area contributed by atoms with E-state index in [1.807, 2.05) is 64.5 Å². The van der Waals surface area contributed by atoms with Crippen LogP contribution in [0, 0.1) is 13.8 Å².